The van der Waals surface area contributed by atoms with E-state index in [4.69, 9.17) is 0 Å². The van der Waals surface area contributed by atoms with Gasteiger partial charge < -0.3 is 20.2 Å². The number of imidazole rings is 1. The van der Waals surface area contributed by atoms with Gasteiger partial charge in [-0.2, -0.15) is 0 Å². The Kier molecular flexibility index (Phi) is 3.63. The Hall–Kier alpha value is -1.56. The summed E-state index contributed by atoms with van der Waals surface area (Å²) >= 11 is 0. The SMILES string of the molecule is CN(CC1CCCNC1)C(=O)c1c[nH]c(=O)[nH]1. The van der Waals surface area contributed by atoms with Crippen molar-refractivity contribution in [3.63, 3.8) is 0 Å². The van der Waals surface area contributed by atoms with Crippen LogP contribution in [0.3, 0.4) is 0 Å². The molecule has 6 nitrogen and oxygen atoms in total. The highest BCUT2D eigenvalue weighted by atomic mass is 16.2. The van der Waals surface area contributed by atoms with Gasteiger partial charge in [0, 0.05) is 19.8 Å². The molecule has 2 rings (SSSR count). The van der Waals surface area contributed by atoms with E-state index < -0.39 is 0 Å². The molecule has 1 unspecified atom stereocenters. The zero-order valence-electron chi connectivity index (χ0n) is 9.95. The van der Waals surface area contributed by atoms with E-state index in [9.17, 15) is 9.59 Å². The fourth-order valence-electron chi connectivity index (χ4n) is 2.20. The molecule has 1 atom stereocenters. The Morgan fingerprint density at radius 1 is 1.59 bits per heavy atom. The second-order valence-electron chi connectivity index (χ2n) is 4.55. The first-order valence-electron chi connectivity index (χ1n) is 5.90. The molecule has 0 aliphatic carbocycles. The van der Waals surface area contributed by atoms with Crippen LogP contribution in [0, 0.1) is 5.92 Å². The Morgan fingerprint density at radius 2 is 2.41 bits per heavy atom. The molecule has 3 N–H and O–H groups in total. The van der Waals surface area contributed by atoms with Crippen molar-refractivity contribution in [2.24, 2.45) is 5.92 Å². The van der Waals surface area contributed by atoms with Crippen molar-refractivity contribution in [1.29, 1.82) is 0 Å². The van der Waals surface area contributed by atoms with Crippen molar-refractivity contribution in [3.05, 3.63) is 22.4 Å². The number of piperidine rings is 1. The molecule has 1 aromatic heterocycles. The molecule has 0 bridgehead atoms. The zero-order valence-corrected chi connectivity index (χ0v) is 9.95. The lowest BCUT2D eigenvalue weighted by Gasteiger charge is -2.27. The summed E-state index contributed by atoms with van der Waals surface area (Å²) in [5, 5.41) is 3.32. The third-order valence-electron chi connectivity index (χ3n) is 3.10. The van der Waals surface area contributed by atoms with Gasteiger partial charge >= 0.3 is 5.69 Å². The van der Waals surface area contributed by atoms with E-state index >= 15 is 0 Å². The second kappa shape index (κ2) is 5.18. The molecule has 1 aliphatic heterocycles. The summed E-state index contributed by atoms with van der Waals surface area (Å²) < 4.78 is 0. The molecule has 1 aliphatic rings. The third kappa shape index (κ3) is 2.97. The van der Waals surface area contributed by atoms with E-state index in [1.807, 2.05) is 0 Å². The fraction of sp³-hybridized carbons (Fsp3) is 0.636. The van der Waals surface area contributed by atoms with Crippen molar-refractivity contribution in [1.82, 2.24) is 20.2 Å². The molecule has 0 radical (unpaired) electrons. The highest BCUT2D eigenvalue weighted by Gasteiger charge is 2.19. The predicted molar refractivity (Wildman–Crippen MR) is 64.0 cm³/mol. The number of hydrogen-bond donors (Lipinski definition) is 3. The summed E-state index contributed by atoms with van der Waals surface area (Å²) in [7, 11) is 1.77. The number of aromatic amines is 2. The van der Waals surface area contributed by atoms with E-state index in [-0.39, 0.29) is 11.6 Å². The molecule has 1 amide bonds. The number of amides is 1. The van der Waals surface area contributed by atoms with Crippen LogP contribution in [-0.4, -0.2) is 47.5 Å². The third-order valence-corrected chi connectivity index (χ3v) is 3.10. The van der Waals surface area contributed by atoms with Crippen LogP contribution in [-0.2, 0) is 0 Å². The number of carbonyl (C=O) groups is 1. The monoisotopic (exact) mass is 238 g/mol. The first-order chi connectivity index (χ1) is 8.16. The maximum atomic E-state index is 11.9. The van der Waals surface area contributed by atoms with E-state index in [1.54, 1.807) is 11.9 Å². The van der Waals surface area contributed by atoms with Crippen molar-refractivity contribution in [3.8, 4) is 0 Å². The number of nitrogens with one attached hydrogen (secondary N) is 3. The van der Waals surface area contributed by atoms with E-state index in [0.717, 1.165) is 32.5 Å². The molecule has 0 spiro atoms. The zero-order chi connectivity index (χ0) is 12.3. The van der Waals surface area contributed by atoms with Gasteiger partial charge in [0.05, 0.1) is 0 Å². The Morgan fingerprint density at radius 3 is 3.00 bits per heavy atom. The first-order valence-corrected chi connectivity index (χ1v) is 5.90. The largest absolute Gasteiger partial charge is 0.340 e. The first kappa shape index (κ1) is 11.9. The standard InChI is InChI=1S/C11H18N4O2/c1-15(7-8-3-2-4-12-5-8)10(16)9-6-13-11(17)14-9/h6,8,12H,2-5,7H2,1H3,(H2,13,14,17). The van der Waals surface area contributed by atoms with Crippen molar-refractivity contribution in [2.45, 2.75) is 12.8 Å². The summed E-state index contributed by atoms with van der Waals surface area (Å²) in [5.41, 5.74) is -0.0256. The van der Waals surface area contributed by atoms with Crippen molar-refractivity contribution < 1.29 is 4.79 Å². The van der Waals surface area contributed by atoms with Gasteiger partial charge in [-0.05, 0) is 31.8 Å². The van der Waals surface area contributed by atoms with Gasteiger partial charge in [-0.3, -0.25) is 4.79 Å². The molecule has 1 saturated heterocycles. The van der Waals surface area contributed by atoms with Gasteiger partial charge in [0.2, 0.25) is 0 Å². The number of carbonyl (C=O) groups excluding carboxylic acids is 1. The van der Waals surface area contributed by atoms with Crippen LogP contribution >= 0.6 is 0 Å². The molecular weight excluding hydrogens is 220 g/mol. The normalized spacial score (nSPS) is 20.2. The topological polar surface area (TPSA) is 81.0 Å². The van der Waals surface area contributed by atoms with Gasteiger partial charge in [0.1, 0.15) is 5.69 Å². The predicted octanol–water partition coefficient (Wildman–Crippen LogP) is -0.225. The van der Waals surface area contributed by atoms with Gasteiger partial charge in [0.25, 0.3) is 5.91 Å². The maximum Gasteiger partial charge on any atom is 0.323 e. The minimum absolute atomic E-state index is 0.145. The van der Waals surface area contributed by atoms with Crippen LogP contribution in [0.15, 0.2) is 11.0 Å². The second-order valence-corrected chi connectivity index (χ2v) is 4.55. The molecule has 1 fully saturated rings. The highest BCUT2D eigenvalue weighted by molar-refractivity contribution is 5.91. The molecule has 94 valence electrons. The lowest BCUT2D eigenvalue weighted by Crippen LogP contribution is -2.39. The van der Waals surface area contributed by atoms with Gasteiger partial charge in [-0.1, -0.05) is 0 Å². The summed E-state index contributed by atoms with van der Waals surface area (Å²) in [6.07, 6.45) is 3.72. The van der Waals surface area contributed by atoms with Crippen LogP contribution in [0.2, 0.25) is 0 Å². The van der Waals surface area contributed by atoms with Gasteiger partial charge in [0.15, 0.2) is 0 Å². The summed E-state index contributed by atoms with van der Waals surface area (Å²) in [6, 6.07) is 0. The highest BCUT2D eigenvalue weighted by Crippen LogP contribution is 2.11. The fourth-order valence-corrected chi connectivity index (χ4v) is 2.20. The quantitative estimate of drug-likeness (QED) is 0.680. The minimum atomic E-state index is -0.346. The van der Waals surface area contributed by atoms with Crippen LogP contribution in [0.5, 0.6) is 0 Å². The summed E-state index contributed by atoms with van der Waals surface area (Å²) in [4.78, 5) is 29.4. The summed E-state index contributed by atoms with van der Waals surface area (Å²) in [6.45, 7) is 2.75. The summed E-state index contributed by atoms with van der Waals surface area (Å²) in [5.74, 6) is 0.359. The molecule has 6 heteroatoms. The van der Waals surface area contributed by atoms with Crippen LogP contribution in [0.1, 0.15) is 23.3 Å². The Balaban J connectivity index is 1.92. The Labute approximate surface area is 99.4 Å². The Bertz CT molecular complexity index is 431. The van der Waals surface area contributed by atoms with E-state index in [0.29, 0.717) is 11.6 Å². The van der Waals surface area contributed by atoms with E-state index in [2.05, 4.69) is 15.3 Å². The lowest BCUT2D eigenvalue weighted by molar-refractivity contribution is 0.0759. The number of nitrogens with zero attached hydrogens (tertiary/aromatic N) is 1. The molecular formula is C11H18N4O2. The smallest absolute Gasteiger partial charge is 0.323 e. The molecule has 2 heterocycles. The van der Waals surface area contributed by atoms with Crippen LogP contribution in [0.4, 0.5) is 0 Å². The molecule has 0 aromatic carbocycles. The molecule has 0 saturated carbocycles. The van der Waals surface area contributed by atoms with Crippen molar-refractivity contribution >= 4 is 5.91 Å². The molecule has 1 aromatic rings. The van der Waals surface area contributed by atoms with E-state index in [1.165, 1.54) is 6.20 Å². The van der Waals surface area contributed by atoms with Crippen LogP contribution < -0.4 is 11.0 Å². The number of H-pyrrole nitrogens is 2. The average molecular weight is 238 g/mol. The maximum absolute atomic E-state index is 11.9. The average Bonchev–Trinajstić information content (AvgIpc) is 2.76. The lowest BCUT2D eigenvalue weighted by atomic mass is 9.99. The van der Waals surface area contributed by atoms with Crippen molar-refractivity contribution in [2.75, 3.05) is 26.7 Å². The minimum Gasteiger partial charge on any atom is -0.340 e. The number of hydrogen-bond acceptors (Lipinski definition) is 3. The van der Waals surface area contributed by atoms with Crippen LogP contribution in [0.25, 0.3) is 0 Å². The van der Waals surface area contributed by atoms with Gasteiger partial charge in [-0.25, -0.2) is 4.79 Å². The van der Waals surface area contributed by atoms with Gasteiger partial charge in [-0.15, -0.1) is 0 Å². The molecule has 17 heavy (non-hydrogen) atoms. The number of aromatic nitrogens is 2. The number of rotatable bonds is 3.